The number of ether oxygens (including phenoxy) is 1. The van der Waals surface area contributed by atoms with Crippen LogP contribution in [-0.2, 0) is 22.7 Å². The van der Waals surface area contributed by atoms with E-state index < -0.39 is 0 Å². The van der Waals surface area contributed by atoms with Gasteiger partial charge in [0.2, 0.25) is 5.91 Å². The van der Waals surface area contributed by atoms with Gasteiger partial charge in [-0.3, -0.25) is 4.79 Å². The smallest absolute Gasteiger partial charge is 0.246 e. The van der Waals surface area contributed by atoms with Crippen LogP contribution in [0.3, 0.4) is 0 Å². The van der Waals surface area contributed by atoms with Crippen molar-refractivity contribution >= 4 is 16.7 Å². The molecule has 0 radical (unpaired) electrons. The minimum absolute atomic E-state index is 0.0719. The molecule has 1 N–H and O–H groups in total. The fraction of sp³-hybridized carbons (Fsp3) is 0.150. The maximum absolute atomic E-state index is 11.8. The van der Waals surface area contributed by atoms with Crippen molar-refractivity contribution in [1.82, 2.24) is 5.32 Å². The number of carbonyl (C=O) groups excluding carboxylic acids is 1. The van der Waals surface area contributed by atoms with Gasteiger partial charge in [-0.2, -0.15) is 0 Å². The third-order valence-electron chi connectivity index (χ3n) is 3.65. The zero-order chi connectivity index (χ0) is 15.9. The molecule has 116 valence electrons. The minimum atomic E-state index is -0.103. The van der Waals surface area contributed by atoms with Crippen LogP contribution in [0.5, 0.6) is 0 Å². The summed E-state index contributed by atoms with van der Waals surface area (Å²) in [5.41, 5.74) is 2.15. The lowest BCUT2D eigenvalue weighted by atomic mass is 10.1. The Hall–Kier alpha value is -2.65. The minimum Gasteiger partial charge on any atom is -0.367 e. The van der Waals surface area contributed by atoms with Crippen molar-refractivity contribution in [3.05, 3.63) is 83.9 Å². The molecule has 0 aromatic heterocycles. The van der Waals surface area contributed by atoms with Gasteiger partial charge in [-0.05, 0) is 28.0 Å². The second-order valence-corrected chi connectivity index (χ2v) is 5.44. The Morgan fingerprint density at radius 1 is 0.826 bits per heavy atom. The lowest BCUT2D eigenvalue weighted by Gasteiger charge is -2.07. The largest absolute Gasteiger partial charge is 0.367 e. The highest BCUT2D eigenvalue weighted by molar-refractivity contribution is 5.83. The number of hydrogen-bond acceptors (Lipinski definition) is 2. The summed E-state index contributed by atoms with van der Waals surface area (Å²) < 4.78 is 5.43. The van der Waals surface area contributed by atoms with E-state index in [-0.39, 0.29) is 12.5 Å². The summed E-state index contributed by atoms with van der Waals surface area (Å²) >= 11 is 0. The maximum Gasteiger partial charge on any atom is 0.246 e. The van der Waals surface area contributed by atoms with Crippen LogP contribution in [0.4, 0.5) is 0 Å². The normalized spacial score (nSPS) is 10.6. The summed E-state index contributed by atoms with van der Waals surface area (Å²) in [6.07, 6.45) is 0. The highest BCUT2D eigenvalue weighted by atomic mass is 16.5. The average Bonchev–Trinajstić information content (AvgIpc) is 2.61. The van der Waals surface area contributed by atoms with E-state index in [0.29, 0.717) is 13.2 Å². The van der Waals surface area contributed by atoms with E-state index in [4.69, 9.17) is 4.74 Å². The molecular formula is C20H19NO2. The molecular weight excluding hydrogens is 286 g/mol. The fourth-order valence-electron chi connectivity index (χ4n) is 2.44. The molecule has 1 amide bonds. The molecule has 3 heteroatoms. The number of fused-ring (bicyclic) bond motifs is 1. The zero-order valence-corrected chi connectivity index (χ0v) is 12.9. The van der Waals surface area contributed by atoms with Crippen LogP contribution in [0.2, 0.25) is 0 Å². The molecule has 0 atom stereocenters. The van der Waals surface area contributed by atoms with Gasteiger partial charge in [-0.15, -0.1) is 0 Å². The third kappa shape index (κ3) is 4.41. The van der Waals surface area contributed by atoms with Crippen molar-refractivity contribution in [2.24, 2.45) is 0 Å². The Bertz CT molecular complexity index is 784. The molecule has 0 aliphatic heterocycles. The van der Waals surface area contributed by atoms with E-state index in [1.165, 1.54) is 10.8 Å². The number of nitrogens with one attached hydrogen (secondary N) is 1. The predicted octanol–water partition coefficient (Wildman–Crippen LogP) is 3.67. The predicted molar refractivity (Wildman–Crippen MR) is 91.9 cm³/mol. The molecule has 3 aromatic carbocycles. The van der Waals surface area contributed by atoms with Crippen LogP contribution in [0, 0.1) is 0 Å². The van der Waals surface area contributed by atoms with Gasteiger partial charge in [0.25, 0.3) is 0 Å². The molecule has 0 saturated carbocycles. The summed E-state index contributed by atoms with van der Waals surface area (Å²) in [5.74, 6) is -0.103. The van der Waals surface area contributed by atoms with Crippen LogP contribution in [0.25, 0.3) is 10.8 Å². The van der Waals surface area contributed by atoms with E-state index in [0.717, 1.165) is 11.1 Å². The molecule has 3 rings (SSSR count). The number of benzene rings is 3. The Labute approximate surface area is 135 Å². The van der Waals surface area contributed by atoms with E-state index >= 15 is 0 Å². The molecule has 23 heavy (non-hydrogen) atoms. The second kappa shape index (κ2) is 7.56. The van der Waals surface area contributed by atoms with E-state index in [9.17, 15) is 4.79 Å². The van der Waals surface area contributed by atoms with Crippen LogP contribution in [0.1, 0.15) is 11.1 Å². The van der Waals surface area contributed by atoms with E-state index in [1.807, 2.05) is 48.5 Å². The third-order valence-corrected chi connectivity index (χ3v) is 3.65. The van der Waals surface area contributed by atoms with Gasteiger partial charge in [-0.1, -0.05) is 66.7 Å². The first-order chi connectivity index (χ1) is 11.3. The highest BCUT2D eigenvalue weighted by Crippen LogP contribution is 2.15. The maximum atomic E-state index is 11.8. The number of amides is 1. The SMILES string of the molecule is O=C(COCc1ccccc1)NCc1ccc2ccccc2c1. The van der Waals surface area contributed by atoms with Crippen molar-refractivity contribution in [3.63, 3.8) is 0 Å². The van der Waals surface area contributed by atoms with Crippen molar-refractivity contribution in [2.45, 2.75) is 13.2 Å². The van der Waals surface area contributed by atoms with Gasteiger partial charge in [0.15, 0.2) is 0 Å². The van der Waals surface area contributed by atoms with Crippen LogP contribution >= 0.6 is 0 Å². The van der Waals surface area contributed by atoms with Crippen LogP contribution < -0.4 is 5.32 Å². The molecule has 0 heterocycles. The summed E-state index contributed by atoms with van der Waals surface area (Å²) in [6.45, 7) is 1.03. The average molecular weight is 305 g/mol. The number of carbonyl (C=O) groups is 1. The van der Waals surface area contributed by atoms with Gasteiger partial charge in [0.05, 0.1) is 6.61 Å². The van der Waals surface area contributed by atoms with Gasteiger partial charge < -0.3 is 10.1 Å². The van der Waals surface area contributed by atoms with Crippen molar-refractivity contribution in [3.8, 4) is 0 Å². The van der Waals surface area contributed by atoms with Crippen molar-refractivity contribution in [1.29, 1.82) is 0 Å². The van der Waals surface area contributed by atoms with Gasteiger partial charge in [0, 0.05) is 6.54 Å². The molecule has 3 nitrogen and oxygen atoms in total. The van der Waals surface area contributed by atoms with Gasteiger partial charge in [-0.25, -0.2) is 0 Å². The topological polar surface area (TPSA) is 38.3 Å². The lowest BCUT2D eigenvalue weighted by Crippen LogP contribution is -2.27. The Morgan fingerprint density at radius 3 is 2.39 bits per heavy atom. The number of rotatable bonds is 6. The summed E-state index contributed by atoms with van der Waals surface area (Å²) in [7, 11) is 0. The lowest BCUT2D eigenvalue weighted by molar-refractivity contribution is -0.126. The fourth-order valence-corrected chi connectivity index (χ4v) is 2.44. The van der Waals surface area contributed by atoms with Crippen LogP contribution in [0.15, 0.2) is 72.8 Å². The Morgan fingerprint density at radius 2 is 1.57 bits per heavy atom. The standard InChI is InChI=1S/C20H19NO2/c22-20(15-23-14-16-6-2-1-3-7-16)21-13-17-10-11-18-8-4-5-9-19(18)12-17/h1-12H,13-15H2,(H,21,22). The first-order valence-corrected chi connectivity index (χ1v) is 7.67. The summed E-state index contributed by atoms with van der Waals surface area (Å²) in [6, 6.07) is 24.2. The molecule has 0 bridgehead atoms. The van der Waals surface area contributed by atoms with Crippen molar-refractivity contribution < 1.29 is 9.53 Å². The quantitative estimate of drug-likeness (QED) is 0.754. The first kappa shape index (κ1) is 15.3. The van der Waals surface area contributed by atoms with Crippen LogP contribution in [-0.4, -0.2) is 12.5 Å². The Kier molecular flexibility index (Phi) is 5.02. The van der Waals surface area contributed by atoms with Gasteiger partial charge >= 0.3 is 0 Å². The number of hydrogen-bond donors (Lipinski definition) is 1. The summed E-state index contributed by atoms with van der Waals surface area (Å²) in [5, 5.41) is 5.27. The molecule has 0 fully saturated rings. The van der Waals surface area contributed by atoms with E-state index in [1.54, 1.807) is 0 Å². The Balaban J connectivity index is 1.46. The van der Waals surface area contributed by atoms with E-state index in [2.05, 4.69) is 29.6 Å². The summed E-state index contributed by atoms with van der Waals surface area (Å²) in [4.78, 5) is 11.8. The molecule has 3 aromatic rings. The van der Waals surface area contributed by atoms with Crippen molar-refractivity contribution in [2.75, 3.05) is 6.61 Å². The molecule has 0 aliphatic rings. The molecule has 0 spiro atoms. The molecule has 0 saturated heterocycles. The first-order valence-electron chi connectivity index (χ1n) is 7.67. The second-order valence-electron chi connectivity index (χ2n) is 5.44. The molecule has 0 unspecified atom stereocenters. The zero-order valence-electron chi connectivity index (χ0n) is 12.9. The molecule has 0 aliphatic carbocycles. The van der Waals surface area contributed by atoms with Gasteiger partial charge in [0.1, 0.15) is 6.61 Å². The monoisotopic (exact) mass is 305 g/mol. The highest BCUT2D eigenvalue weighted by Gasteiger charge is 2.02.